The van der Waals surface area contributed by atoms with Crippen molar-refractivity contribution in [1.29, 1.82) is 0 Å². The molecule has 2 aromatic heterocycles. The molecule has 0 saturated heterocycles. The van der Waals surface area contributed by atoms with Crippen LogP contribution in [0.2, 0.25) is 0 Å². The second kappa shape index (κ2) is 5.42. The van der Waals surface area contributed by atoms with Gasteiger partial charge in [0.25, 0.3) is 0 Å². The lowest BCUT2D eigenvalue weighted by molar-refractivity contribution is 0.456. The molecule has 0 spiro atoms. The summed E-state index contributed by atoms with van der Waals surface area (Å²) in [6.07, 6.45) is 1.86. The van der Waals surface area contributed by atoms with E-state index in [1.54, 1.807) is 6.07 Å². The molecule has 6 heteroatoms. The van der Waals surface area contributed by atoms with E-state index in [9.17, 15) is 4.39 Å². The SMILES string of the molecule is Fc1cc(Br)cc(Oc2nc3ccccn3c2CCl)c1. The largest absolute Gasteiger partial charge is 0.437 e. The molecule has 0 N–H and O–H groups in total. The van der Waals surface area contributed by atoms with E-state index < -0.39 is 0 Å². The van der Waals surface area contributed by atoms with Crippen molar-refractivity contribution < 1.29 is 9.13 Å². The first-order chi connectivity index (χ1) is 9.67. The van der Waals surface area contributed by atoms with E-state index >= 15 is 0 Å². The van der Waals surface area contributed by atoms with Gasteiger partial charge in [0.05, 0.1) is 5.88 Å². The van der Waals surface area contributed by atoms with Crippen molar-refractivity contribution in [3.63, 3.8) is 0 Å². The Kier molecular flexibility index (Phi) is 3.63. The van der Waals surface area contributed by atoms with Crippen LogP contribution in [0.5, 0.6) is 11.6 Å². The third-order valence-electron chi connectivity index (χ3n) is 2.77. The van der Waals surface area contributed by atoms with Gasteiger partial charge in [-0.05, 0) is 24.3 Å². The third-order valence-corrected chi connectivity index (χ3v) is 3.48. The first-order valence-corrected chi connectivity index (χ1v) is 7.16. The molecule has 0 saturated carbocycles. The zero-order chi connectivity index (χ0) is 14.1. The Morgan fingerprint density at radius 3 is 2.90 bits per heavy atom. The highest BCUT2D eigenvalue weighted by Crippen LogP contribution is 2.29. The van der Waals surface area contributed by atoms with Crippen LogP contribution in [0.15, 0.2) is 47.1 Å². The molecule has 0 aliphatic rings. The van der Waals surface area contributed by atoms with Crippen LogP contribution in [-0.4, -0.2) is 9.38 Å². The highest BCUT2D eigenvalue weighted by Gasteiger charge is 2.13. The van der Waals surface area contributed by atoms with Crippen LogP contribution in [0.1, 0.15) is 5.69 Å². The number of halogens is 3. The molecule has 20 heavy (non-hydrogen) atoms. The van der Waals surface area contributed by atoms with Crippen molar-refractivity contribution in [3.8, 4) is 11.6 Å². The van der Waals surface area contributed by atoms with E-state index in [1.807, 2.05) is 28.8 Å². The zero-order valence-electron chi connectivity index (χ0n) is 10.2. The molecule has 0 bridgehead atoms. The number of aromatic nitrogens is 2. The molecule has 0 aliphatic heterocycles. The minimum Gasteiger partial charge on any atom is -0.437 e. The molecule has 3 nitrogen and oxygen atoms in total. The Balaban J connectivity index is 2.05. The number of fused-ring (bicyclic) bond motifs is 1. The van der Waals surface area contributed by atoms with Crippen molar-refractivity contribution in [2.45, 2.75) is 5.88 Å². The molecule has 3 aromatic rings. The molecule has 2 heterocycles. The maximum Gasteiger partial charge on any atom is 0.242 e. The van der Waals surface area contributed by atoms with Crippen LogP contribution in [0.4, 0.5) is 4.39 Å². The zero-order valence-corrected chi connectivity index (χ0v) is 12.5. The highest BCUT2D eigenvalue weighted by atomic mass is 79.9. The fourth-order valence-electron chi connectivity index (χ4n) is 1.93. The average molecular weight is 356 g/mol. The van der Waals surface area contributed by atoms with Crippen LogP contribution in [0, 0.1) is 5.82 Å². The summed E-state index contributed by atoms with van der Waals surface area (Å²) in [6.45, 7) is 0. The van der Waals surface area contributed by atoms with Gasteiger partial charge in [0.1, 0.15) is 22.9 Å². The fourth-order valence-corrected chi connectivity index (χ4v) is 2.61. The molecule has 3 rings (SSSR count). The summed E-state index contributed by atoms with van der Waals surface area (Å²) in [5.74, 6) is 0.609. The molecular weight excluding hydrogens is 347 g/mol. The summed E-state index contributed by atoms with van der Waals surface area (Å²) in [7, 11) is 0. The van der Waals surface area contributed by atoms with Crippen LogP contribution < -0.4 is 4.74 Å². The lowest BCUT2D eigenvalue weighted by Gasteiger charge is -2.05. The van der Waals surface area contributed by atoms with Gasteiger partial charge >= 0.3 is 0 Å². The van der Waals surface area contributed by atoms with E-state index in [1.165, 1.54) is 12.1 Å². The van der Waals surface area contributed by atoms with Gasteiger partial charge in [0, 0.05) is 16.7 Å². The smallest absolute Gasteiger partial charge is 0.242 e. The lowest BCUT2D eigenvalue weighted by Crippen LogP contribution is -1.92. The third kappa shape index (κ3) is 2.51. The van der Waals surface area contributed by atoms with Crippen LogP contribution in [0.25, 0.3) is 5.65 Å². The molecule has 0 fully saturated rings. The van der Waals surface area contributed by atoms with E-state index in [0.29, 0.717) is 16.1 Å². The highest BCUT2D eigenvalue weighted by molar-refractivity contribution is 9.10. The van der Waals surface area contributed by atoms with Gasteiger partial charge in [-0.15, -0.1) is 11.6 Å². The molecule has 0 unspecified atom stereocenters. The maximum atomic E-state index is 13.4. The van der Waals surface area contributed by atoms with Crippen molar-refractivity contribution in [1.82, 2.24) is 9.38 Å². The predicted molar refractivity (Wildman–Crippen MR) is 78.9 cm³/mol. The van der Waals surface area contributed by atoms with E-state index in [4.69, 9.17) is 16.3 Å². The second-order valence-electron chi connectivity index (χ2n) is 4.13. The lowest BCUT2D eigenvalue weighted by atomic mass is 10.3. The van der Waals surface area contributed by atoms with Gasteiger partial charge < -0.3 is 4.74 Å². The van der Waals surface area contributed by atoms with Crippen LogP contribution in [0.3, 0.4) is 0 Å². The van der Waals surface area contributed by atoms with E-state index in [-0.39, 0.29) is 11.7 Å². The summed E-state index contributed by atoms with van der Waals surface area (Å²) in [5.41, 5.74) is 1.45. The van der Waals surface area contributed by atoms with Gasteiger partial charge in [-0.25, -0.2) is 4.39 Å². The van der Waals surface area contributed by atoms with Gasteiger partial charge in [-0.3, -0.25) is 4.40 Å². The maximum absolute atomic E-state index is 13.4. The first kappa shape index (κ1) is 13.4. The number of ether oxygens (including phenoxy) is 1. The molecule has 0 aliphatic carbocycles. The Morgan fingerprint density at radius 2 is 2.15 bits per heavy atom. The Labute approximate surface area is 128 Å². The molecule has 0 atom stereocenters. The summed E-state index contributed by atoms with van der Waals surface area (Å²) in [5, 5.41) is 0. The number of imidazole rings is 1. The quantitative estimate of drug-likeness (QED) is 0.633. The second-order valence-corrected chi connectivity index (χ2v) is 5.32. The topological polar surface area (TPSA) is 26.5 Å². The molecule has 0 radical (unpaired) electrons. The number of hydrogen-bond donors (Lipinski definition) is 0. The minimum atomic E-state index is -0.384. The predicted octanol–water partition coefficient (Wildman–Crippen LogP) is 4.77. The van der Waals surface area contributed by atoms with Gasteiger partial charge in [0.2, 0.25) is 5.88 Å². The van der Waals surface area contributed by atoms with Gasteiger partial charge in [-0.2, -0.15) is 4.98 Å². The van der Waals surface area contributed by atoms with Crippen LogP contribution >= 0.6 is 27.5 Å². The number of benzene rings is 1. The van der Waals surface area contributed by atoms with Crippen molar-refractivity contribution in [3.05, 3.63) is 58.6 Å². The monoisotopic (exact) mass is 354 g/mol. The Hall–Kier alpha value is -1.59. The summed E-state index contributed by atoms with van der Waals surface area (Å²) >= 11 is 9.18. The van der Waals surface area contributed by atoms with Crippen molar-refractivity contribution in [2.24, 2.45) is 0 Å². The first-order valence-electron chi connectivity index (χ1n) is 5.83. The minimum absolute atomic E-state index is 0.247. The van der Waals surface area contributed by atoms with Crippen molar-refractivity contribution in [2.75, 3.05) is 0 Å². The Morgan fingerprint density at radius 1 is 1.30 bits per heavy atom. The van der Waals surface area contributed by atoms with Gasteiger partial charge in [0.15, 0.2) is 0 Å². The van der Waals surface area contributed by atoms with Crippen molar-refractivity contribution >= 4 is 33.2 Å². The van der Waals surface area contributed by atoms with E-state index in [2.05, 4.69) is 20.9 Å². The summed E-state index contributed by atoms with van der Waals surface area (Å²) < 4.78 is 21.5. The number of alkyl halides is 1. The Bertz CT molecular complexity index is 755. The molecular formula is C14H9BrClFN2O. The number of nitrogens with zero attached hydrogens (tertiary/aromatic N) is 2. The summed E-state index contributed by atoms with van der Waals surface area (Å²) in [4.78, 5) is 4.36. The van der Waals surface area contributed by atoms with Gasteiger partial charge in [-0.1, -0.05) is 22.0 Å². The number of pyridine rings is 1. The number of hydrogen-bond acceptors (Lipinski definition) is 2. The van der Waals surface area contributed by atoms with E-state index in [0.717, 1.165) is 11.3 Å². The standard InChI is InChI=1S/C14H9BrClFN2O/c15-9-5-10(17)7-11(6-9)20-14-12(8-16)19-4-2-1-3-13(19)18-14/h1-7H,8H2. The van der Waals surface area contributed by atoms with Crippen LogP contribution in [-0.2, 0) is 5.88 Å². The normalized spacial score (nSPS) is 10.9. The average Bonchev–Trinajstić information content (AvgIpc) is 2.74. The molecule has 1 aromatic carbocycles. The summed E-state index contributed by atoms with van der Waals surface area (Å²) in [6, 6.07) is 9.94. The molecule has 0 amide bonds. The molecule has 102 valence electrons. The fraction of sp³-hybridized carbons (Fsp3) is 0.0714. The number of rotatable bonds is 3.